The van der Waals surface area contributed by atoms with Gasteiger partial charge >= 0.3 is 19.3 Å². The van der Waals surface area contributed by atoms with E-state index in [0.29, 0.717) is 12.5 Å². The number of nitro groups is 2. The van der Waals surface area contributed by atoms with Crippen molar-refractivity contribution in [1.82, 2.24) is 5.32 Å². The molecule has 0 aliphatic rings. The number of carbonyl (C=O) groups excluding carboxylic acids is 1. The molecule has 1 rings (SSSR count). The van der Waals surface area contributed by atoms with Crippen LogP contribution in [0, 0.1) is 20.2 Å². The maximum Gasteiger partial charge on any atom is 0.339 e. The topological polar surface area (TPSA) is 182 Å². The number of non-ortho nitro benzene ring substituents is 1. The van der Waals surface area contributed by atoms with Crippen molar-refractivity contribution < 1.29 is 33.7 Å². The summed E-state index contributed by atoms with van der Waals surface area (Å²) in [5, 5.41) is 24.4. The number of esters is 1. The van der Waals surface area contributed by atoms with Crippen molar-refractivity contribution in [3.8, 4) is 5.75 Å². The molecule has 0 bridgehead atoms. The summed E-state index contributed by atoms with van der Waals surface area (Å²) in [6, 6.07) is 1.80. The Morgan fingerprint density at radius 2 is 1.92 bits per heavy atom. The molecule has 0 aliphatic heterocycles. The molecule has 1 atom stereocenters. The lowest BCUT2D eigenvalue weighted by Crippen LogP contribution is -2.28. The minimum absolute atomic E-state index is 0.122. The van der Waals surface area contributed by atoms with Crippen molar-refractivity contribution >= 4 is 24.9 Å². The zero-order valence-corrected chi connectivity index (χ0v) is 14.8. The fourth-order valence-corrected chi connectivity index (χ4v) is 2.41. The van der Waals surface area contributed by atoms with Crippen molar-refractivity contribution in [2.75, 3.05) is 12.8 Å². The maximum absolute atomic E-state index is 11.9. The molecule has 3 N–H and O–H groups in total. The summed E-state index contributed by atoms with van der Waals surface area (Å²) in [5.74, 6) is -1.82. The normalized spacial score (nSPS) is 12.5. The quantitative estimate of drug-likeness (QED) is 0.184. The predicted molar refractivity (Wildman–Crippen MR) is 89.0 cm³/mol. The molecule has 26 heavy (non-hydrogen) atoms. The van der Waals surface area contributed by atoms with Gasteiger partial charge in [0.2, 0.25) is 5.75 Å². The molecule has 0 heterocycles. The van der Waals surface area contributed by atoms with Gasteiger partial charge in [0.25, 0.3) is 5.69 Å². The number of carbonyl (C=O) groups is 1. The van der Waals surface area contributed by atoms with Gasteiger partial charge in [-0.1, -0.05) is 13.8 Å². The Kier molecular flexibility index (Phi) is 7.33. The molecule has 13 heteroatoms. The van der Waals surface area contributed by atoms with E-state index in [4.69, 9.17) is 14.5 Å². The van der Waals surface area contributed by atoms with E-state index in [9.17, 15) is 29.6 Å². The fourth-order valence-electron chi connectivity index (χ4n) is 2.01. The summed E-state index contributed by atoms with van der Waals surface area (Å²) in [7, 11) is -4.38. The number of nitrogens with zero attached hydrogens (tertiary/aromatic N) is 2. The summed E-state index contributed by atoms with van der Waals surface area (Å²) in [5.41, 5.74) is -1.12. The van der Waals surface area contributed by atoms with Gasteiger partial charge in [-0.05, 0) is 12.3 Å². The Morgan fingerprint density at radius 1 is 1.31 bits per heavy atom. The summed E-state index contributed by atoms with van der Waals surface area (Å²) in [6.45, 7) is 2.80. The minimum atomic E-state index is -4.38. The molecule has 144 valence electrons. The largest absolute Gasteiger partial charge is 0.418 e. The molecular weight excluding hydrogens is 373 g/mol. The van der Waals surface area contributed by atoms with Crippen LogP contribution in [-0.2, 0) is 9.36 Å². The van der Waals surface area contributed by atoms with E-state index < -0.39 is 53.4 Å². The van der Waals surface area contributed by atoms with Gasteiger partial charge in [0.1, 0.15) is 0 Å². The maximum atomic E-state index is 11.9. The molecule has 0 fully saturated rings. The molecule has 0 amide bonds. The third kappa shape index (κ3) is 6.15. The molecule has 0 aromatic heterocycles. The van der Waals surface area contributed by atoms with Crippen LogP contribution in [0.1, 0.15) is 31.7 Å². The van der Waals surface area contributed by atoms with Crippen LogP contribution in [0.4, 0.5) is 11.4 Å². The first-order chi connectivity index (χ1) is 12.0. The number of hydrogen-bond donors (Lipinski definition) is 3. The number of hydrogen-bond acceptors (Lipinski definition) is 8. The average molecular weight is 391 g/mol. The highest BCUT2D eigenvalue weighted by molar-refractivity contribution is 7.51. The third-order valence-corrected chi connectivity index (χ3v) is 4.07. The van der Waals surface area contributed by atoms with Crippen LogP contribution in [0.2, 0.25) is 0 Å². The fraction of sp³-hybridized carbons (Fsp3) is 0.462. The molecule has 0 saturated carbocycles. The van der Waals surface area contributed by atoms with E-state index in [2.05, 4.69) is 5.32 Å². The van der Waals surface area contributed by atoms with Crippen LogP contribution in [0.25, 0.3) is 0 Å². The van der Waals surface area contributed by atoms with Gasteiger partial charge in [-0.25, -0.2) is 0 Å². The van der Waals surface area contributed by atoms with Gasteiger partial charge in [-0.15, -0.1) is 0 Å². The van der Waals surface area contributed by atoms with Crippen molar-refractivity contribution in [3.63, 3.8) is 0 Å². The number of ether oxygens (including phenoxy) is 1. The first kappa shape index (κ1) is 21.6. The average Bonchev–Trinajstić information content (AvgIpc) is 2.52. The summed E-state index contributed by atoms with van der Waals surface area (Å²) in [4.78, 5) is 49.9. The van der Waals surface area contributed by atoms with Gasteiger partial charge in [0.15, 0.2) is 0 Å². The molecule has 1 unspecified atom stereocenters. The molecular formula is C13H18N3O9P. The van der Waals surface area contributed by atoms with E-state index in [-0.39, 0.29) is 11.5 Å². The standard InChI is InChI=1S/C13H18N3O9P/c1-3-8(2)10-4-9(15(18)19)5-11(16(20)21)13(10)25-12(17)6-14-7-26(22,23)24/h4-5,8,14H,3,6-7H2,1-2H3,(H2,22,23,24). The summed E-state index contributed by atoms with van der Waals surface area (Å²) >= 11 is 0. The van der Waals surface area contributed by atoms with Crippen LogP contribution in [0.3, 0.4) is 0 Å². The molecule has 1 aromatic carbocycles. The van der Waals surface area contributed by atoms with Gasteiger partial charge in [-0.2, -0.15) is 0 Å². The van der Waals surface area contributed by atoms with Gasteiger partial charge in [-0.3, -0.25) is 34.9 Å². The first-order valence-electron chi connectivity index (χ1n) is 7.39. The van der Waals surface area contributed by atoms with Crippen molar-refractivity contribution in [2.45, 2.75) is 26.2 Å². The number of rotatable bonds is 9. The predicted octanol–water partition coefficient (Wildman–Crippen LogP) is 1.65. The molecule has 0 radical (unpaired) electrons. The second-order valence-electron chi connectivity index (χ2n) is 5.43. The summed E-state index contributed by atoms with van der Waals surface area (Å²) < 4.78 is 15.7. The summed E-state index contributed by atoms with van der Waals surface area (Å²) in [6.07, 6.45) is -0.304. The smallest absolute Gasteiger partial charge is 0.339 e. The van der Waals surface area contributed by atoms with Crippen molar-refractivity contribution in [3.05, 3.63) is 37.9 Å². The third-order valence-electron chi connectivity index (χ3n) is 3.44. The van der Waals surface area contributed by atoms with Crippen LogP contribution in [-0.4, -0.2) is 38.4 Å². The Bertz CT molecular complexity index is 761. The minimum Gasteiger partial charge on any atom is -0.418 e. The highest BCUT2D eigenvalue weighted by Crippen LogP contribution is 2.40. The van der Waals surface area contributed by atoms with Crippen molar-refractivity contribution in [1.29, 1.82) is 0 Å². The molecule has 0 spiro atoms. The number of nitro benzene ring substituents is 2. The zero-order chi connectivity index (χ0) is 20.1. The number of benzene rings is 1. The molecule has 0 saturated heterocycles. The second kappa shape index (κ2) is 8.81. The molecule has 1 aromatic rings. The van der Waals surface area contributed by atoms with Gasteiger partial charge < -0.3 is 14.5 Å². The van der Waals surface area contributed by atoms with Crippen LogP contribution in [0.15, 0.2) is 12.1 Å². The van der Waals surface area contributed by atoms with E-state index in [1.165, 1.54) is 0 Å². The Labute approximate surface area is 147 Å². The van der Waals surface area contributed by atoms with E-state index in [1.54, 1.807) is 13.8 Å². The van der Waals surface area contributed by atoms with Crippen LogP contribution >= 0.6 is 7.60 Å². The highest BCUT2D eigenvalue weighted by atomic mass is 31.2. The molecule has 12 nitrogen and oxygen atoms in total. The monoisotopic (exact) mass is 391 g/mol. The zero-order valence-electron chi connectivity index (χ0n) is 13.9. The van der Waals surface area contributed by atoms with E-state index in [1.807, 2.05) is 0 Å². The lowest BCUT2D eigenvalue weighted by atomic mass is 9.96. The number of nitrogens with one attached hydrogen (secondary N) is 1. The van der Waals surface area contributed by atoms with Crippen LogP contribution < -0.4 is 10.1 Å². The lowest BCUT2D eigenvalue weighted by Gasteiger charge is -2.15. The van der Waals surface area contributed by atoms with Crippen molar-refractivity contribution in [2.24, 2.45) is 0 Å². The highest BCUT2D eigenvalue weighted by Gasteiger charge is 2.29. The van der Waals surface area contributed by atoms with Gasteiger partial charge in [0.05, 0.1) is 28.7 Å². The first-order valence-corrected chi connectivity index (χ1v) is 9.18. The Balaban J connectivity index is 3.21. The second-order valence-corrected chi connectivity index (χ2v) is 7.08. The molecule has 0 aliphatic carbocycles. The lowest BCUT2D eigenvalue weighted by molar-refractivity contribution is -0.394. The SMILES string of the molecule is CCC(C)c1cc([N+](=O)[O-])cc([N+](=O)[O-])c1OC(=O)CNCP(=O)(O)O. The Hall–Kier alpha value is -2.40. The van der Waals surface area contributed by atoms with E-state index in [0.717, 1.165) is 6.07 Å². The Morgan fingerprint density at radius 3 is 2.38 bits per heavy atom. The van der Waals surface area contributed by atoms with Crippen LogP contribution in [0.5, 0.6) is 5.75 Å². The van der Waals surface area contributed by atoms with E-state index >= 15 is 0 Å². The van der Waals surface area contributed by atoms with Gasteiger partial charge in [0, 0.05) is 11.6 Å².